The Balaban J connectivity index is 1.97. The molecule has 1 heterocycles. The number of carboxylic acid groups (broad SMARTS) is 1. The second-order valence-corrected chi connectivity index (χ2v) is 10.3. The van der Waals surface area contributed by atoms with Gasteiger partial charge in [-0.3, -0.25) is 14.4 Å². The molecule has 2 rings (SSSR count). The Morgan fingerprint density at radius 2 is 1.67 bits per heavy atom. The zero-order valence-electron chi connectivity index (χ0n) is 21.2. The highest BCUT2D eigenvalue weighted by molar-refractivity contribution is 7.98. The summed E-state index contributed by atoms with van der Waals surface area (Å²) in [6.07, 6.45) is 4.55. The molecule has 36 heavy (non-hydrogen) atoms. The molecular weight excluding hydrogens is 482 g/mol. The Morgan fingerprint density at radius 3 is 2.31 bits per heavy atom. The number of hydrogen-bond acceptors (Lipinski definition) is 6. The van der Waals surface area contributed by atoms with E-state index in [0.717, 1.165) is 16.5 Å². The summed E-state index contributed by atoms with van der Waals surface area (Å²) in [5.41, 5.74) is 7.95. The van der Waals surface area contributed by atoms with Gasteiger partial charge in [0.05, 0.1) is 6.04 Å². The number of nitrogens with two attached hydrogens (primary N) is 1. The maximum absolute atomic E-state index is 12.8. The third kappa shape index (κ3) is 8.56. The number of para-hydroxylation sites is 1. The molecule has 0 saturated heterocycles. The summed E-state index contributed by atoms with van der Waals surface area (Å²) < 4.78 is 0. The quantitative estimate of drug-likeness (QED) is 0.219. The zero-order valence-corrected chi connectivity index (χ0v) is 22.0. The van der Waals surface area contributed by atoms with E-state index in [-0.39, 0.29) is 18.8 Å². The average Bonchev–Trinajstić information content (AvgIpc) is 3.23. The van der Waals surface area contributed by atoms with Gasteiger partial charge in [0.1, 0.15) is 18.1 Å². The summed E-state index contributed by atoms with van der Waals surface area (Å²) in [7, 11) is 0. The molecule has 2 aromatic rings. The van der Waals surface area contributed by atoms with Gasteiger partial charge in [-0.2, -0.15) is 11.8 Å². The van der Waals surface area contributed by atoms with E-state index in [2.05, 4.69) is 20.9 Å². The first kappa shape index (κ1) is 29.2. The first-order valence-electron chi connectivity index (χ1n) is 12.0. The van der Waals surface area contributed by atoms with E-state index in [9.17, 15) is 24.3 Å². The van der Waals surface area contributed by atoms with Gasteiger partial charge in [-0.1, -0.05) is 32.0 Å². The van der Waals surface area contributed by atoms with Crippen LogP contribution in [0.15, 0.2) is 30.5 Å². The van der Waals surface area contributed by atoms with Crippen LogP contribution in [0.5, 0.6) is 0 Å². The van der Waals surface area contributed by atoms with Crippen LogP contribution in [0.25, 0.3) is 10.9 Å². The number of amides is 3. The molecule has 0 saturated carbocycles. The molecule has 4 atom stereocenters. The molecule has 1 aromatic heterocycles. The van der Waals surface area contributed by atoms with Crippen LogP contribution < -0.4 is 21.7 Å². The van der Waals surface area contributed by atoms with E-state index in [0.29, 0.717) is 12.2 Å². The SMILES string of the molecule is CSCCC(NC(=O)C(C)NC(=O)C(N)Cc1c[nH]c2ccccc12)C(=O)NC(CC(C)C)C(=O)O. The van der Waals surface area contributed by atoms with Crippen molar-refractivity contribution < 1.29 is 24.3 Å². The lowest BCUT2D eigenvalue weighted by molar-refractivity contribution is -0.142. The third-order valence-electron chi connectivity index (χ3n) is 5.77. The average molecular weight is 520 g/mol. The molecule has 0 spiro atoms. The van der Waals surface area contributed by atoms with Gasteiger partial charge >= 0.3 is 5.97 Å². The smallest absolute Gasteiger partial charge is 0.326 e. The van der Waals surface area contributed by atoms with E-state index in [1.807, 2.05) is 50.6 Å². The van der Waals surface area contributed by atoms with Crippen LogP contribution in [0.1, 0.15) is 39.2 Å². The second kappa shape index (κ2) is 13.9. The van der Waals surface area contributed by atoms with Gasteiger partial charge in [-0.15, -0.1) is 0 Å². The van der Waals surface area contributed by atoms with E-state index >= 15 is 0 Å². The molecule has 0 aliphatic rings. The highest BCUT2D eigenvalue weighted by atomic mass is 32.2. The molecular formula is C25H37N5O5S. The maximum Gasteiger partial charge on any atom is 0.326 e. The fraction of sp³-hybridized carbons (Fsp3) is 0.520. The molecule has 198 valence electrons. The number of nitrogens with one attached hydrogen (secondary N) is 4. The predicted octanol–water partition coefficient (Wildman–Crippen LogP) is 1.40. The summed E-state index contributed by atoms with van der Waals surface area (Å²) in [5.74, 6) is -2.10. The minimum atomic E-state index is -1.13. The number of aliphatic carboxylic acids is 1. The van der Waals surface area contributed by atoms with Crippen molar-refractivity contribution in [3.63, 3.8) is 0 Å². The van der Waals surface area contributed by atoms with Crippen LogP contribution >= 0.6 is 11.8 Å². The number of carboxylic acids is 1. The fourth-order valence-electron chi connectivity index (χ4n) is 3.78. The van der Waals surface area contributed by atoms with Crippen molar-refractivity contribution in [2.24, 2.45) is 11.7 Å². The number of carbonyl (C=O) groups excluding carboxylic acids is 3. The Bertz CT molecular complexity index is 1060. The number of thioether (sulfide) groups is 1. The Morgan fingerprint density at radius 1 is 1.00 bits per heavy atom. The van der Waals surface area contributed by atoms with Gasteiger partial charge < -0.3 is 31.8 Å². The summed E-state index contributed by atoms with van der Waals surface area (Å²) in [6, 6.07) is 3.89. The fourth-order valence-corrected chi connectivity index (χ4v) is 4.25. The third-order valence-corrected chi connectivity index (χ3v) is 6.41. The molecule has 0 fully saturated rings. The van der Waals surface area contributed by atoms with Crippen LogP contribution in [-0.4, -0.2) is 70.0 Å². The summed E-state index contributed by atoms with van der Waals surface area (Å²) in [5, 5.41) is 18.2. The van der Waals surface area contributed by atoms with E-state index < -0.39 is 47.9 Å². The molecule has 0 aliphatic heterocycles. The largest absolute Gasteiger partial charge is 0.480 e. The molecule has 7 N–H and O–H groups in total. The molecule has 3 amide bonds. The van der Waals surface area contributed by atoms with Crippen LogP contribution in [0, 0.1) is 5.92 Å². The Labute approximate surface area is 215 Å². The van der Waals surface area contributed by atoms with Crippen molar-refractivity contribution >= 4 is 46.4 Å². The van der Waals surface area contributed by atoms with Crippen LogP contribution in [-0.2, 0) is 25.6 Å². The van der Waals surface area contributed by atoms with Crippen molar-refractivity contribution in [1.82, 2.24) is 20.9 Å². The molecule has 0 aliphatic carbocycles. The monoisotopic (exact) mass is 519 g/mol. The lowest BCUT2D eigenvalue weighted by Crippen LogP contribution is -2.56. The van der Waals surface area contributed by atoms with Gasteiger partial charge in [0, 0.05) is 17.1 Å². The van der Waals surface area contributed by atoms with Crippen molar-refractivity contribution in [1.29, 1.82) is 0 Å². The van der Waals surface area contributed by atoms with Gasteiger partial charge in [0.2, 0.25) is 17.7 Å². The van der Waals surface area contributed by atoms with E-state index in [4.69, 9.17) is 5.73 Å². The molecule has 1 aromatic carbocycles. The second-order valence-electron chi connectivity index (χ2n) is 9.27. The summed E-state index contributed by atoms with van der Waals surface area (Å²) in [4.78, 5) is 52.9. The molecule has 0 bridgehead atoms. The normalized spacial score (nSPS) is 14.6. The Kier molecular flexibility index (Phi) is 11.3. The van der Waals surface area contributed by atoms with E-state index in [1.54, 1.807) is 0 Å². The standard InChI is InChI=1S/C25H37N5O5S/c1-14(2)11-21(25(34)35)30-24(33)20(9-10-36-4)29-22(31)15(3)28-23(32)18(26)12-16-13-27-19-8-6-5-7-17(16)19/h5-8,13-15,18,20-21,27H,9-12,26H2,1-4H3,(H,28,32)(H,29,31)(H,30,33)(H,34,35). The highest BCUT2D eigenvalue weighted by Crippen LogP contribution is 2.18. The molecule has 11 heteroatoms. The topological polar surface area (TPSA) is 166 Å². The Hall–Kier alpha value is -3.05. The van der Waals surface area contributed by atoms with Crippen molar-refractivity contribution in [3.05, 3.63) is 36.0 Å². The lowest BCUT2D eigenvalue weighted by atomic mass is 10.0. The van der Waals surface area contributed by atoms with Crippen LogP contribution in [0.3, 0.4) is 0 Å². The number of H-pyrrole nitrogens is 1. The number of aromatic amines is 1. The van der Waals surface area contributed by atoms with Gasteiger partial charge in [0.25, 0.3) is 0 Å². The predicted molar refractivity (Wildman–Crippen MR) is 142 cm³/mol. The summed E-state index contributed by atoms with van der Waals surface area (Å²) in [6.45, 7) is 5.24. The number of benzene rings is 1. The first-order valence-corrected chi connectivity index (χ1v) is 13.4. The number of rotatable bonds is 14. The zero-order chi connectivity index (χ0) is 26.8. The maximum atomic E-state index is 12.8. The van der Waals surface area contributed by atoms with Gasteiger partial charge in [-0.05, 0) is 55.7 Å². The molecule has 4 unspecified atom stereocenters. The number of carbonyl (C=O) groups is 4. The van der Waals surface area contributed by atoms with Gasteiger partial charge in [0.15, 0.2) is 0 Å². The molecule has 10 nitrogen and oxygen atoms in total. The molecule has 0 radical (unpaired) electrons. The number of hydrogen-bond donors (Lipinski definition) is 6. The van der Waals surface area contributed by atoms with Crippen molar-refractivity contribution in [2.45, 2.75) is 64.2 Å². The van der Waals surface area contributed by atoms with Crippen LogP contribution in [0.4, 0.5) is 0 Å². The van der Waals surface area contributed by atoms with Crippen molar-refractivity contribution in [2.75, 3.05) is 12.0 Å². The first-order chi connectivity index (χ1) is 17.0. The van der Waals surface area contributed by atoms with E-state index in [1.165, 1.54) is 18.7 Å². The number of fused-ring (bicyclic) bond motifs is 1. The van der Waals surface area contributed by atoms with Gasteiger partial charge in [-0.25, -0.2) is 4.79 Å². The van der Waals surface area contributed by atoms with Crippen molar-refractivity contribution in [3.8, 4) is 0 Å². The highest BCUT2D eigenvalue weighted by Gasteiger charge is 2.29. The van der Waals surface area contributed by atoms with Crippen LogP contribution in [0.2, 0.25) is 0 Å². The number of aromatic nitrogens is 1. The lowest BCUT2D eigenvalue weighted by Gasteiger charge is -2.24. The minimum Gasteiger partial charge on any atom is -0.480 e. The summed E-state index contributed by atoms with van der Waals surface area (Å²) >= 11 is 1.50. The minimum absolute atomic E-state index is 0.0642.